The van der Waals surface area contributed by atoms with Gasteiger partial charge in [-0.1, -0.05) is 17.7 Å². The molecule has 2 atom stereocenters. The van der Waals surface area contributed by atoms with E-state index in [0.29, 0.717) is 29.8 Å². The van der Waals surface area contributed by atoms with Crippen molar-refractivity contribution in [3.05, 3.63) is 54.1 Å². The van der Waals surface area contributed by atoms with Crippen LogP contribution in [0.3, 0.4) is 0 Å². The molecule has 5 rings (SSSR count). The molecule has 1 fully saturated rings. The zero-order chi connectivity index (χ0) is 21.8. The van der Waals surface area contributed by atoms with Crippen molar-refractivity contribution in [1.29, 1.82) is 0 Å². The number of hydrogen-bond donors (Lipinski definition) is 2. The fraction of sp³-hybridized carbons (Fsp3) is 0.300. The van der Waals surface area contributed by atoms with Gasteiger partial charge in [0.25, 0.3) is 10.0 Å². The van der Waals surface area contributed by atoms with Crippen LogP contribution in [0.4, 0.5) is 4.79 Å². The van der Waals surface area contributed by atoms with Gasteiger partial charge in [0.1, 0.15) is 5.82 Å². The average Bonchev–Trinajstić information content (AvgIpc) is 3.44. The van der Waals surface area contributed by atoms with Crippen LogP contribution in [-0.2, 0) is 10.0 Å². The van der Waals surface area contributed by atoms with Crippen molar-refractivity contribution in [2.24, 2.45) is 0 Å². The van der Waals surface area contributed by atoms with Crippen LogP contribution in [0.1, 0.15) is 36.6 Å². The van der Waals surface area contributed by atoms with Crippen molar-refractivity contribution in [3.63, 3.8) is 0 Å². The van der Waals surface area contributed by atoms with Gasteiger partial charge >= 0.3 is 6.09 Å². The summed E-state index contributed by atoms with van der Waals surface area (Å²) in [5, 5.41) is 20.0. The zero-order valence-electron chi connectivity index (χ0n) is 16.6. The maximum Gasteiger partial charge on any atom is 0.404 e. The second-order valence-electron chi connectivity index (χ2n) is 7.80. The Bertz CT molecular complexity index is 1410. The molecular formula is C20H20N6O4S. The normalized spacial score (nSPS) is 19.3. The molecule has 2 unspecified atom stereocenters. The van der Waals surface area contributed by atoms with Crippen molar-refractivity contribution >= 4 is 32.9 Å². The number of aromatic nitrogens is 5. The minimum atomic E-state index is -3.82. The topological polar surface area (TPSA) is 131 Å². The number of fused-ring (bicyclic) bond motifs is 3. The Kier molecular flexibility index (Phi) is 4.43. The largest absolute Gasteiger partial charge is 0.465 e. The van der Waals surface area contributed by atoms with Crippen LogP contribution in [0.25, 0.3) is 16.8 Å². The molecule has 1 aliphatic carbocycles. The number of carbonyl (C=O) groups is 1. The van der Waals surface area contributed by atoms with Gasteiger partial charge in [-0.05, 0) is 44.4 Å². The molecule has 3 aromatic heterocycles. The quantitative estimate of drug-likeness (QED) is 0.498. The summed E-state index contributed by atoms with van der Waals surface area (Å²) in [6, 6.07) is 8.21. The monoisotopic (exact) mass is 440 g/mol. The van der Waals surface area contributed by atoms with Crippen LogP contribution in [0.2, 0.25) is 0 Å². The number of rotatable bonds is 4. The average molecular weight is 440 g/mol. The molecule has 0 aliphatic heterocycles. The number of benzene rings is 1. The van der Waals surface area contributed by atoms with Gasteiger partial charge in [-0.15, -0.1) is 10.2 Å². The molecule has 4 aromatic rings. The molecule has 0 spiro atoms. The number of hydrogen-bond acceptors (Lipinski definition) is 6. The van der Waals surface area contributed by atoms with E-state index >= 15 is 0 Å². The molecular weight excluding hydrogens is 420 g/mol. The fourth-order valence-corrected chi connectivity index (χ4v) is 5.55. The standard InChI is InChI=1S/C20H20N6O4S/c1-12-2-6-15(7-3-12)31(29,30)25-9-8-16-19(25)21-11-17-23-24-18(26(16)17)13-4-5-14(10-13)22-20(27)28/h2-3,6-9,11,13-14,22H,4-5,10H2,1H3,(H,27,28). The molecule has 1 aromatic carbocycles. The summed E-state index contributed by atoms with van der Waals surface area (Å²) in [6.45, 7) is 1.90. The van der Waals surface area contributed by atoms with E-state index in [1.165, 1.54) is 16.4 Å². The van der Waals surface area contributed by atoms with E-state index in [1.54, 1.807) is 30.3 Å². The van der Waals surface area contributed by atoms with E-state index < -0.39 is 16.1 Å². The third kappa shape index (κ3) is 3.21. The maximum atomic E-state index is 13.2. The molecule has 3 heterocycles. The number of nitrogens with one attached hydrogen (secondary N) is 1. The molecule has 11 heteroatoms. The maximum absolute atomic E-state index is 13.2. The predicted octanol–water partition coefficient (Wildman–Crippen LogP) is 2.53. The van der Waals surface area contributed by atoms with Crippen LogP contribution in [-0.4, -0.2) is 49.2 Å². The molecule has 0 saturated heterocycles. The summed E-state index contributed by atoms with van der Waals surface area (Å²) >= 11 is 0. The SMILES string of the molecule is Cc1ccc(S(=O)(=O)n2ccc3c2ncc2nnc(C4CCC(NC(=O)O)C4)n23)cc1. The summed E-state index contributed by atoms with van der Waals surface area (Å²) in [4.78, 5) is 15.5. The van der Waals surface area contributed by atoms with Crippen molar-refractivity contribution in [3.8, 4) is 0 Å². The lowest BCUT2D eigenvalue weighted by molar-refractivity contribution is 0.190. The first-order chi connectivity index (χ1) is 14.8. The third-order valence-corrected chi connectivity index (χ3v) is 7.45. The first kappa shape index (κ1) is 19.5. The minimum Gasteiger partial charge on any atom is -0.465 e. The molecule has 0 radical (unpaired) electrons. The summed E-state index contributed by atoms with van der Waals surface area (Å²) in [6.07, 6.45) is 4.03. The highest BCUT2D eigenvalue weighted by molar-refractivity contribution is 7.90. The molecule has 2 N–H and O–H groups in total. The Balaban J connectivity index is 1.59. The molecule has 160 valence electrons. The van der Waals surface area contributed by atoms with Gasteiger partial charge < -0.3 is 10.4 Å². The number of amides is 1. The van der Waals surface area contributed by atoms with E-state index in [4.69, 9.17) is 5.11 Å². The zero-order valence-corrected chi connectivity index (χ0v) is 17.5. The van der Waals surface area contributed by atoms with Crippen molar-refractivity contribution in [1.82, 2.24) is 28.9 Å². The first-order valence-electron chi connectivity index (χ1n) is 9.87. The lowest BCUT2D eigenvalue weighted by atomic mass is 10.1. The van der Waals surface area contributed by atoms with Gasteiger partial charge in [0.2, 0.25) is 0 Å². The lowest BCUT2D eigenvalue weighted by Gasteiger charge is -2.11. The van der Waals surface area contributed by atoms with E-state index in [1.807, 2.05) is 11.3 Å². The summed E-state index contributed by atoms with van der Waals surface area (Å²) in [5.41, 5.74) is 2.36. The highest BCUT2D eigenvalue weighted by atomic mass is 32.2. The highest BCUT2D eigenvalue weighted by Crippen LogP contribution is 2.35. The third-order valence-electron chi connectivity index (χ3n) is 5.77. The van der Waals surface area contributed by atoms with Crippen molar-refractivity contribution < 1.29 is 18.3 Å². The first-order valence-corrected chi connectivity index (χ1v) is 11.3. The number of nitrogens with zero attached hydrogens (tertiary/aromatic N) is 5. The second kappa shape index (κ2) is 7.05. The van der Waals surface area contributed by atoms with E-state index in [-0.39, 0.29) is 22.5 Å². The fourth-order valence-electron chi connectivity index (χ4n) is 4.26. The van der Waals surface area contributed by atoms with Crippen LogP contribution >= 0.6 is 0 Å². The Hall–Kier alpha value is -3.47. The summed E-state index contributed by atoms with van der Waals surface area (Å²) < 4.78 is 29.4. The molecule has 1 aliphatic rings. The minimum absolute atomic E-state index is 0.00880. The Morgan fingerprint density at radius 3 is 2.68 bits per heavy atom. The highest BCUT2D eigenvalue weighted by Gasteiger charge is 2.31. The number of aryl methyl sites for hydroxylation is 1. The van der Waals surface area contributed by atoms with Gasteiger partial charge in [-0.25, -0.2) is 22.2 Å². The predicted molar refractivity (Wildman–Crippen MR) is 112 cm³/mol. The number of carboxylic acid groups (broad SMARTS) is 1. The lowest BCUT2D eigenvalue weighted by Crippen LogP contribution is -2.31. The van der Waals surface area contributed by atoms with E-state index in [2.05, 4.69) is 20.5 Å². The van der Waals surface area contributed by atoms with Crippen LogP contribution < -0.4 is 5.32 Å². The van der Waals surface area contributed by atoms with Crippen LogP contribution in [0, 0.1) is 6.92 Å². The van der Waals surface area contributed by atoms with E-state index in [9.17, 15) is 13.2 Å². The molecule has 10 nitrogen and oxygen atoms in total. The van der Waals surface area contributed by atoms with E-state index in [0.717, 1.165) is 12.0 Å². The Labute approximate surface area is 177 Å². The van der Waals surface area contributed by atoms with Gasteiger partial charge in [-0.3, -0.25) is 4.40 Å². The molecule has 1 saturated carbocycles. The summed E-state index contributed by atoms with van der Waals surface area (Å²) in [7, 11) is -3.82. The van der Waals surface area contributed by atoms with Gasteiger partial charge in [-0.2, -0.15) is 0 Å². The molecule has 0 bridgehead atoms. The van der Waals surface area contributed by atoms with Crippen LogP contribution in [0.5, 0.6) is 0 Å². The molecule has 31 heavy (non-hydrogen) atoms. The Morgan fingerprint density at radius 1 is 1.16 bits per heavy atom. The van der Waals surface area contributed by atoms with Gasteiger partial charge in [0.05, 0.1) is 16.6 Å². The Morgan fingerprint density at radius 2 is 1.94 bits per heavy atom. The van der Waals surface area contributed by atoms with Crippen molar-refractivity contribution in [2.75, 3.05) is 0 Å². The van der Waals surface area contributed by atoms with Gasteiger partial charge in [0, 0.05) is 18.2 Å². The second-order valence-corrected chi connectivity index (χ2v) is 9.62. The van der Waals surface area contributed by atoms with Crippen molar-refractivity contribution in [2.45, 2.75) is 43.0 Å². The molecule has 1 amide bonds. The smallest absolute Gasteiger partial charge is 0.404 e. The van der Waals surface area contributed by atoms with Crippen LogP contribution in [0.15, 0.2) is 47.6 Å². The summed E-state index contributed by atoms with van der Waals surface area (Å²) in [5.74, 6) is 0.692. The van der Waals surface area contributed by atoms with Gasteiger partial charge in [0.15, 0.2) is 11.3 Å².